The van der Waals surface area contributed by atoms with Crippen LogP contribution in [0.4, 0.5) is 0 Å². The highest BCUT2D eigenvalue weighted by Gasteiger charge is 2.14. The summed E-state index contributed by atoms with van der Waals surface area (Å²) in [6, 6.07) is 15.3. The third-order valence-electron chi connectivity index (χ3n) is 4.08. The standard InChI is InChI=1S/C19H21N5O2S/c1-13-5-3-4-6-15(13)11-21-17(25)12-27-19-23-22-18(24(19)20)14-7-9-16(26-2)10-8-14/h3-10H,11-12,20H2,1-2H3,(H,21,25). The fourth-order valence-electron chi connectivity index (χ4n) is 2.50. The zero-order valence-electron chi connectivity index (χ0n) is 15.2. The van der Waals surface area contributed by atoms with Crippen LogP contribution in [-0.2, 0) is 11.3 Å². The summed E-state index contributed by atoms with van der Waals surface area (Å²) < 4.78 is 6.54. The number of amides is 1. The summed E-state index contributed by atoms with van der Waals surface area (Å²) in [6.45, 7) is 2.52. The van der Waals surface area contributed by atoms with Gasteiger partial charge in [-0.2, -0.15) is 0 Å². The van der Waals surface area contributed by atoms with E-state index in [1.54, 1.807) is 7.11 Å². The van der Waals surface area contributed by atoms with Crippen molar-refractivity contribution in [1.82, 2.24) is 20.2 Å². The molecule has 3 rings (SSSR count). The second kappa shape index (κ2) is 8.59. The van der Waals surface area contributed by atoms with Gasteiger partial charge in [0.1, 0.15) is 5.75 Å². The predicted octanol–water partition coefficient (Wildman–Crippen LogP) is 2.38. The van der Waals surface area contributed by atoms with E-state index in [0.717, 1.165) is 22.4 Å². The molecule has 140 valence electrons. The molecule has 0 bridgehead atoms. The Hall–Kier alpha value is -3.00. The molecule has 0 unspecified atom stereocenters. The number of nitrogens with two attached hydrogens (primary N) is 1. The maximum atomic E-state index is 12.1. The van der Waals surface area contributed by atoms with Crippen LogP contribution < -0.4 is 15.9 Å². The molecule has 7 nitrogen and oxygen atoms in total. The molecule has 3 aromatic rings. The van der Waals surface area contributed by atoms with Crippen molar-refractivity contribution in [3.8, 4) is 17.1 Å². The minimum absolute atomic E-state index is 0.0859. The Morgan fingerprint density at radius 2 is 1.93 bits per heavy atom. The maximum absolute atomic E-state index is 12.1. The van der Waals surface area contributed by atoms with Gasteiger partial charge in [-0.25, -0.2) is 4.68 Å². The third kappa shape index (κ3) is 4.59. The van der Waals surface area contributed by atoms with Crippen LogP contribution in [0.1, 0.15) is 11.1 Å². The van der Waals surface area contributed by atoms with Crippen LogP contribution in [-0.4, -0.2) is 33.6 Å². The Morgan fingerprint density at radius 3 is 2.63 bits per heavy atom. The number of hydrogen-bond donors (Lipinski definition) is 2. The molecule has 0 aliphatic heterocycles. The lowest BCUT2D eigenvalue weighted by Gasteiger charge is -2.08. The van der Waals surface area contributed by atoms with E-state index in [2.05, 4.69) is 15.5 Å². The number of methoxy groups -OCH3 is 1. The molecule has 1 amide bonds. The Morgan fingerprint density at radius 1 is 1.19 bits per heavy atom. The van der Waals surface area contributed by atoms with Gasteiger partial charge in [-0.3, -0.25) is 4.79 Å². The van der Waals surface area contributed by atoms with Crippen LogP contribution in [0.15, 0.2) is 53.7 Å². The summed E-state index contributed by atoms with van der Waals surface area (Å²) in [7, 11) is 1.61. The van der Waals surface area contributed by atoms with E-state index < -0.39 is 0 Å². The Balaban J connectivity index is 1.57. The number of hydrogen-bond acceptors (Lipinski definition) is 6. The Kier molecular flexibility index (Phi) is 5.97. The van der Waals surface area contributed by atoms with Crippen LogP contribution in [0.5, 0.6) is 5.75 Å². The third-order valence-corrected chi connectivity index (χ3v) is 5.03. The smallest absolute Gasteiger partial charge is 0.230 e. The second-order valence-corrected chi connectivity index (χ2v) is 6.84. The predicted molar refractivity (Wildman–Crippen MR) is 106 cm³/mol. The first kappa shape index (κ1) is 18.8. The van der Waals surface area contributed by atoms with Crippen LogP contribution in [0.3, 0.4) is 0 Å². The molecule has 0 fully saturated rings. The molecule has 0 spiro atoms. The van der Waals surface area contributed by atoms with E-state index in [1.807, 2.05) is 55.5 Å². The molecule has 1 aromatic heterocycles. The van der Waals surface area contributed by atoms with Crippen molar-refractivity contribution < 1.29 is 9.53 Å². The van der Waals surface area contributed by atoms with Gasteiger partial charge in [0, 0.05) is 12.1 Å². The first-order chi connectivity index (χ1) is 13.1. The van der Waals surface area contributed by atoms with E-state index in [4.69, 9.17) is 10.6 Å². The molecule has 0 radical (unpaired) electrons. The number of nitrogen functional groups attached to an aromatic ring is 1. The van der Waals surface area contributed by atoms with E-state index >= 15 is 0 Å². The normalized spacial score (nSPS) is 10.6. The van der Waals surface area contributed by atoms with Crippen molar-refractivity contribution >= 4 is 17.7 Å². The Bertz CT molecular complexity index is 924. The van der Waals surface area contributed by atoms with Crippen molar-refractivity contribution in [3.05, 3.63) is 59.7 Å². The van der Waals surface area contributed by atoms with Crippen molar-refractivity contribution in [3.63, 3.8) is 0 Å². The number of thioether (sulfide) groups is 1. The number of aryl methyl sites for hydroxylation is 1. The van der Waals surface area contributed by atoms with Crippen LogP contribution >= 0.6 is 11.8 Å². The molecular weight excluding hydrogens is 362 g/mol. The number of nitrogens with one attached hydrogen (secondary N) is 1. The van der Waals surface area contributed by atoms with E-state index in [-0.39, 0.29) is 11.7 Å². The van der Waals surface area contributed by atoms with Gasteiger partial charge in [-0.05, 0) is 42.3 Å². The van der Waals surface area contributed by atoms with Gasteiger partial charge in [0.2, 0.25) is 11.1 Å². The summed E-state index contributed by atoms with van der Waals surface area (Å²) in [5.41, 5.74) is 3.07. The zero-order chi connectivity index (χ0) is 19.2. The maximum Gasteiger partial charge on any atom is 0.230 e. The molecule has 3 N–H and O–H groups in total. The van der Waals surface area contributed by atoms with Crippen molar-refractivity contribution in [2.45, 2.75) is 18.6 Å². The van der Waals surface area contributed by atoms with Crippen molar-refractivity contribution in [1.29, 1.82) is 0 Å². The highest BCUT2D eigenvalue weighted by atomic mass is 32.2. The van der Waals surface area contributed by atoms with Crippen molar-refractivity contribution in [2.75, 3.05) is 18.7 Å². The molecule has 2 aromatic carbocycles. The molecular formula is C19H21N5O2S. The lowest BCUT2D eigenvalue weighted by atomic mass is 10.1. The molecule has 0 aliphatic rings. The lowest BCUT2D eigenvalue weighted by Crippen LogP contribution is -2.25. The summed E-state index contributed by atoms with van der Waals surface area (Å²) >= 11 is 1.25. The fraction of sp³-hybridized carbons (Fsp3) is 0.211. The summed E-state index contributed by atoms with van der Waals surface area (Å²) in [6.07, 6.45) is 0. The highest BCUT2D eigenvalue weighted by molar-refractivity contribution is 7.99. The van der Waals surface area contributed by atoms with Crippen LogP contribution in [0.25, 0.3) is 11.4 Å². The number of benzene rings is 2. The highest BCUT2D eigenvalue weighted by Crippen LogP contribution is 2.23. The Labute approximate surface area is 161 Å². The van der Waals surface area contributed by atoms with E-state index in [0.29, 0.717) is 17.5 Å². The average Bonchev–Trinajstić information content (AvgIpc) is 3.06. The molecule has 0 saturated carbocycles. The molecule has 1 heterocycles. The van der Waals surface area contributed by atoms with Gasteiger partial charge >= 0.3 is 0 Å². The summed E-state index contributed by atoms with van der Waals surface area (Å²) in [5.74, 6) is 7.49. The quantitative estimate of drug-likeness (QED) is 0.480. The molecule has 27 heavy (non-hydrogen) atoms. The second-order valence-electron chi connectivity index (χ2n) is 5.90. The monoisotopic (exact) mass is 383 g/mol. The minimum Gasteiger partial charge on any atom is -0.497 e. The van der Waals surface area contributed by atoms with Gasteiger partial charge in [-0.1, -0.05) is 36.0 Å². The van der Waals surface area contributed by atoms with E-state index in [1.165, 1.54) is 16.4 Å². The number of nitrogens with zero attached hydrogens (tertiary/aromatic N) is 3. The van der Waals surface area contributed by atoms with E-state index in [9.17, 15) is 4.79 Å². The lowest BCUT2D eigenvalue weighted by molar-refractivity contribution is -0.118. The van der Waals surface area contributed by atoms with Crippen LogP contribution in [0, 0.1) is 6.92 Å². The number of ether oxygens (including phenoxy) is 1. The van der Waals surface area contributed by atoms with Gasteiger partial charge in [0.05, 0.1) is 12.9 Å². The van der Waals surface area contributed by atoms with Gasteiger partial charge < -0.3 is 15.9 Å². The molecule has 0 aliphatic carbocycles. The van der Waals surface area contributed by atoms with Gasteiger partial charge in [0.25, 0.3) is 0 Å². The average molecular weight is 383 g/mol. The minimum atomic E-state index is -0.0859. The zero-order valence-corrected chi connectivity index (χ0v) is 16.0. The fourth-order valence-corrected chi connectivity index (χ4v) is 3.18. The number of rotatable bonds is 7. The van der Waals surface area contributed by atoms with Crippen LogP contribution in [0.2, 0.25) is 0 Å². The summed E-state index contributed by atoms with van der Waals surface area (Å²) in [4.78, 5) is 12.1. The topological polar surface area (TPSA) is 95.1 Å². The summed E-state index contributed by atoms with van der Waals surface area (Å²) in [5, 5.41) is 11.6. The molecule has 0 atom stereocenters. The van der Waals surface area contributed by atoms with Gasteiger partial charge in [0.15, 0.2) is 5.82 Å². The first-order valence-electron chi connectivity index (χ1n) is 8.37. The SMILES string of the molecule is COc1ccc(-c2nnc(SCC(=O)NCc3ccccc3C)n2N)cc1. The number of carbonyl (C=O) groups is 1. The largest absolute Gasteiger partial charge is 0.497 e. The first-order valence-corrected chi connectivity index (χ1v) is 9.36. The number of aromatic nitrogens is 3. The van der Waals surface area contributed by atoms with Gasteiger partial charge in [-0.15, -0.1) is 10.2 Å². The van der Waals surface area contributed by atoms with Crippen molar-refractivity contribution in [2.24, 2.45) is 0 Å². The molecule has 0 saturated heterocycles. The number of carbonyl (C=O) groups excluding carboxylic acids is 1. The molecule has 8 heteroatoms.